The van der Waals surface area contributed by atoms with E-state index in [9.17, 15) is 4.79 Å². The van der Waals surface area contributed by atoms with Gasteiger partial charge in [-0.2, -0.15) is 0 Å². The first-order valence-corrected chi connectivity index (χ1v) is 5.44. The summed E-state index contributed by atoms with van der Waals surface area (Å²) in [4.78, 5) is 13.6. The lowest BCUT2D eigenvalue weighted by Crippen LogP contribution is -2.19. The predicted octanol–water partition coefficient (Wildman–Crippen LogP) is 1.96. The quantitative estimate of drug-likeness (QED) is 0.603. The number of nitrogens with zero attached hydrogens (tertiary/aromatic N) is 1. The molecule has 1 aliphatic rings. The first-order chi connectivity index (χ1) is 7.32. The van der Waals surface area contributed by atoms with Crippen LogP contribution >= 0.6 is 0 Å². The van der Waals surface area contributed by atoms with Gasteiger partial charge in [-0.25, -0.2) is 0 Å². The Balaban J connectivity index is 2.58. The van der Waals surface area contributed by atoms with E-state index in [1.54, 1.807) is 12.8 Å². The summed E-state index contributed by atoms with van der Waals surface area (Å²) < 4.78 is 0. The first-order valence-electron chi connectivity index (χ1n) is 5.44. The molecule has 2 rings (SSSR count). The maximum absolute atomic E-state index is 12.0. The number of fused-ring (bicyclic) bond motifs is 1. The average molecular weight is 213 g/mol. The molecule has 0 aliphatic carbocycles. The number of rotatable bonds is 0. The zero-order chi connectivity index (χ0) is 12.1. The van der Waals surface area contributed by atoms with E-state index in [0.29, 0.717) is 0 Å². The Morgan fingerprint density at radius 2 is 1.88 bits per heavy atom. The lowest BCUT2D eigenvalue weighted by molar-refractivity contribution is 0.0918. The van der Waals surface area contributed by atoms with Gasteiger partial charge in [-0.15, -0.1) is 0 Å². The number of hydrogen-bond acceptors (Lipinski definition) is 1. The SMILES string of the molecule is BN1C(=C)c2ccc(C(C)(C)C)cc2C1=O. The summed E-state index contributed by atoms with van der Waals surface area (Å²) in [6, 6.07) is 6.07. The van der Waals surface area contributed by atoms with Crippen LogP contribution in [0.2, 0.25) is 0 Å². The Morgan fingerprint density at radius 3 is 2.44 bits per heavy atom. The van der Waals surface area contributed by atoms with Crippen molar-refractivity contribution < 1.29 is 4.79 Å². The molecule has 1 aromatic carbocycles. The molecule has 0 saturated heterocycles. The predicted molar refractivity (Wildman–Crippen MR) is 68.9 cm³/mol. The van der Waals surface area contributed by atoms with Gasteiger partial charge in [0.2, 0.25) is 13.9 Å². The third kappa shape index (κ3) is 1.47. The summed E-state index contributed by atoms with van der Waals surface area (Å²) in [7, 11) is 1.77. The monoisotopic (exact) mass is 213 g/mol. The zero-order valence-electron chi connectivity index (χ0n) is 10.3. The van der Waals surface area contributed by atoms with Crippen molar-refractivity contribution in [2.24, 2.45) is 0 Å². The summed E-state index contributed by atoms with van der Waals surface area (Å²) in [5.41, 5.74) is 3.78. The molecule has 1 aliphatic heterocycles. The molecule has 16 heavy (non-hydrogen) atoms. The third-order valence-electron chi connectivity index (χ3n) is 3.14. The maximum atomic E-state index is 12.0. The molecule has 0 bridgehead atoms. The second-order valence-electron chi connectivity index (χ2n) is 5.32. The van der Waals surface area contributed by atoms with Crippen LogP contribution < -0.4 is 0 Å². The topological polar surface area (TPSA) is 20.3 Å². The number of amides is 1. The summed E-state index contributed by atoms with van der Waals surface area (Å²) in [5, 5.41) is 0. The van der Waals surface area contributed by atoms with Gasteiger partial charge >= 0.3 is 0 Å². The van der Waals surface area contributed by atoms with E-state index in [0.717, 1.165) is 16.8 Å². The summed E-state index contributed by atoms with van der Waals surface area (Å²) in [6.45, 7) is 10.4. The van der Waals surface area contributed by atoms with Gasteiger partial charge in [-0.3, -0.25) is 4.79 Å². The molecule has 0 atom stereocenters. The minimum atomic E-state index is 0.0473. The van der Waals surface area contributed by atoms with Crippen molar-refractivity contribution in [3.05, 3.63) is 41.5 Å². The number of carbonyl (C=O) groups is 1. The van der Waals surface area contributed by atoms with Gasteiger partial charge in [0, 0.05) is 16.8 Å². The highest BCUT2D eigenvalue weighted by atomic mass is 16.2. The molecule has 0 saturated carbocycles. The van der Waals surface area contributed by atoms with E-state index < -0.39 is 0 Å². The van der Waals surface area contributed by atoms with Crippen LogP contribution in [0.25, 0.3) is 5.70 Å². The van der Waals surface area contributed by atoms with E-state index in [4.69, 9.17) is 0 Å². The maximum Gasteiger partial charge on any atom is 0.246 e. The fourth-order valence-electron chi connectivity index (χ4n) is 1.92. The number of carbonyl (C=O) groups excluding carboxylic acids is 1. The first kappa shape index (κ1) is 11.0. The zero-order valence-corrected chi connectivity index (χ0v) is 10.3. The molecule has 1 heterocycles. The molecule has 0 unspecified atom stereocenters. The fraction of sp³-hybridized carbons (Fsp3) is 0.308. The molecular weight excluding hydrogens is 197 g/mol. The van der Waals surface area contributed by atoms with Crippen LogP contribution in [0.3, 0.4) is 0 Å². The third-order valence-corrected chi connectivity index (χ3v) is 3.14. The normalized spacial score (nSPS) is 15.6. The molecule has 82 valence electrons. The Hall–Kier alpha value is -1.51. The van der Waals surface area contributed by atoms with E-state index in [-0.39, 0.29) is 11.3 Å². The molecule has 3 heteroatoms. The second kappa shape index (κ2) is 3.24. The van der Waals surface area contributed by atoms with E-state index in [1.165, 1.54) is 5.56 Å². The molecular formula is C13H16BNO. The van der Waals surface area contributed by atoms with Gasteiger partial charge in [-0.05, 0) is 17.0 Å². The lowest BCUT2D eigenvalue weighted by atomic mass is 9.85. The number of hydrogen-bond donors (Lipinski definition) is 0. The molecule has 0 spiro atoms. The van der Waals surface area contributed by atoms with Gasteiger partial charge in [0.05, 0.1) is 0 Å². The molecule has 0 N–H and O–H groups in total. The van der Waals surface area contributed by atoms with Crippen molar-refractivity contribution in [1.82, 2.24) is 4.81 Å². The molecule has 0 radical (unpaired) electrons. The van der Waals surface area contributed by atoms with Gasteiger partial charge in [-0.1, -0.05) is 39.5 Å². The Kier molecular flexibility index (Phi) is 2.23. The summed E-state index contributed by atoms with van der Waals surface area (Å²) >= 11 is 0. The van der Waals surface area contributed by atoms with Crippen molar-refractivity contribution in [2.75, 3.05) is 0 Å². The van der Waals surface area contributed by atoms with Crippen LogP contribution in [-0.4, -0.2) is 18.7 Å². The summed E-state index contributed by atoms with van der Waals surface area (Å²) in [6.07, 6.45) is 0. The number of benzene rings is 1. The highest BCUT2D eigenvalue weighted by Gasteiger charge is 2.28. The van der Waals surface area contributed by atoms with E-state index in [1.807, 2.05) is 12.1 Å². The van der Waals surface area contributed by atoms with Crippen LogP contribution in [0.5, 0.6) is 0 Å². The van der Waals surface area contributed by atoms with Crippen LogP contribution in [-0.2, 0) is 5.41 Å². The Bertz CT molecular complexity index is 485. The van der Waals surface area contributed by atoms with Crippen molar-refractivity contribution in [2.45, 2.75) is 26.2 Å². The lowest BCUT2D eigenvalue weighted by Gasteiger charge is -2.19. The van der Waals surface area contributed by atoms with Gasteiger partial charge in [0.15, 0.2) is 0 Å². The van der Waals surface area contributed by atoms with Gasteiger partial charge in [0.25, 0.3) is 0 Å². The fourth-order valence-corrected chi connectivity index (χ4v) is 1.92. The van der Waals surface area contributed by atoms with Gasteiger partial charge < -0.3 is 4.81 Å². The highest BCUT2D eigenvalue weighted by Crippen LogP contribution is 2.33. The molecule has 0 aromatic heterocycles. The minimum Gasteiger partial charge on any atom is -0.361 e. The molecule has 2 nitrogen and oxygen atoms in total. The van der Waals surface area contributed by atoms with Crippen molar-refractivity contribution >= 4 is 19.6 Å². The van der Waals surface area contributed by atoms with Gasteiger partial charge in [0.1, 0.15) is 0 Å². The largest absolute Gasteiger partial charge is 0.361 e. The Labute approximate surface area is 97.4 Å². The van der Waals surface area contributed by atoms with E-state index >= 15 is 0 Å². The van der Waals surface area contributed by atoms with Crippen LogP contribution in [0.15, 0.2) is 24.8 Å². The van der Waals surface area contributed by atoms with Crippen LogP contribution in [0.4, 0.5) is 0 Å². The average Bonchev–Trinajstić information content (AvgIpc) is 2.43. The standard InChI is InChI=1S/C13H16BNO/c1-8-10-6-5-9(13(2,3)4)7-11(10)12(16)15(8)14/h5-7H,1,14H2,2-4H3. The van der Waals surface area contributed by atoms with Crippen molar-refractivity contribution in [3.63, 3.8) is 0 Å². The Morgan fingerprint density at radius 1 is 1.25 bits per heavy atom. The minimum absolute atomic E-state index is 0.0473. The van der Waals surface area contributed by atoms with Crippen molar-refractivity contribution in [1.29, 1.82) is 0 Å². The highest BCUT2D eigenvalue weighted by molar-refractivity contribution is 6.27. The van der Waals surface area contributed by atoms with E-state index in [2.05, 4.69) is 33.4 Å². The molecule has 0 fully saturated rings. The van der Waals surface area contributed by atoms with Crippen LogP contribution in [0.1, 0.15) is 42.3 Å². The molecule has 1 aromatic rings. The molecule has 1 amide bonds. The van der Waals surface area contributed by atoms with Crippen LogP contribution in [0, 0.1) is 0 Å². The summed E-state index contributed by atoms with van der Waals surface area (Å²) in [5.74, 6) is 0.0473. The van der Waals surface area contributed by atoms with Crippen molar-refractivity contribution in [3.8, 4) is 0 Å². The smallest absolute Gasteiger partial charge is 0.246 e. The second-order valence-corrected chi connectivity index (χ2v) is 5.32.